The first-order chi connectivity index (χ1) is 17.9. The van der Waals surface area contributed by atoms with Crippen LogP contribution in [0.1, 0.15) is 60.0 Å². The summed E-state index contributed by atoms with van der Waals surface area (Å²) in [6, 6.07) is 13.8. The zero-order valence-electron chi connectivity index (χ0n) is 21.4. The molecule has 4 aliphatic rings. The summed E-state index contributed by atoms with van der Waals surface area (Å²) in [5.41, 5.74) is 4.86. The molecule has 1 heterocycles. The Morgan fingerprint density at radius 1 is 1.03 bits per heavy atom. The van der Waals surface area contributed by atoms with Crippen LogP contribution in [0.4, 0.5) is 5.13 Å². The Balaban J connectivity index is 1.10. The van der Waals surface area contributed by atoms with E-state index < -0.39 is 0 Å². The standard InChI is InChI=1S/C30H33N3O2S2/c1-18-7-8-19(2)24(9-18)25-16-37-29(31-25)32-28(35)23-5-3-4-6-26(23)36-17-27(34)33-30-13-20-10-21(14-30)12-22(11-20)15-30/h3-9,16,20-22H,10-15,17H2,1-2H3,(H,33,34)(H,31,32,35). The molecule has 3 aromatic rings. The normalized spacial score (nSPS) is 25.7. The molecule has 7 rings (SSSR count). The maximum atomic E-state index is 13.2. The fourth-order valence-corrected chi connectivity index (χ4v) is 8.71. The van der Waals surface area contributed by atoms with E-state index in [0.717, 1.165) is 58.7 Å². The molecule has 7 heteroatoms. The Morgan fingerprint density at radius 2 is 1.73 bits per heavy atom. The predicted molar refractivity (Wildman–Crippen MR) is 151 cm³/mol. The monoisotopic (exact) mass is 531 g/mol. The maximum Gasteiger partial charge on any atom is 0.258 e. The van der Waals surface area contributed by atoms with E-state index in [1.165, 1.54) is 47.9 Å². The first-order valence-electron chi connectivity index (χ1n) is 13.2. The number of anilines is 1. The van der Waals surface area contributed by atoms with Crippen LogP contribution in [-0.4, -0.2) is 28.1 Å². The summed E-state index contributed by atoms with van der Waals surface area (Å²) < 4.78 is 0. The fraction of sp³-hybridized carbons (Fsp3) is 0.433. The Hall–Kier alpha value is -2.64. The second-order valence-corrected chi connectivity index (χ2v) is 13.2. The molecule has 0 radical (unpaired) electrons. The number of carbonyl (C=O) groups excluding carboxylic acids is 2. The van der Waals surface area contributed by atoms with Crippen molar-refractivity contribution in [3.63, 3.8) is 0 Å². The van der Waals surface area contributed by atoms with Gasteiger partial charge in [-0.05, 0) is 93.9 Å². The van der Waals surface area contributed by atoms with Crippen LogP contribution in [0.3, 0.4) is 0 Å². The first-order valence-corrected chi connectivity index (χ1v) is 15.1. The molecule has 4 aliphatic carbocycles. The Kier molecular flexibility index (Phi) is 6.61. The van der Waals surface area contributed by atoms with Gasteiger partial charge in [0.15, 0.2) is 5.13 Å². The summed E-state index contributed by atoms with van der Waals surface area (Å²) in [4.78, 5) is 31.7. The number of aryl methyl sites for hydroxylation is 2. The van der Waals surface area contributed by atoms with Gasteiger partial charge in [0.2, 0.25) is 5.91 Å². The van der Waals surface area contributed by atoms with Crippen LogP contribution in [-0.2, 0) is 4.79 Å². The van der Waals surface area contributed by atoms with Crippen molar-refractivity contribution < 1.29 is 9.59 Å². The fourth-order valence-electron chi connectivity index (χ4n) is 7.15. The van der Waals surface area contributed by atoms with Crippen molar-refractivity contribution >= 4 is 40.0 Å². The average Bonchev–Trinajstić information content (AvgIpc) is 3.31. The van der Waals surface area contributed by atoms with Gasteiger partial charge in [-0.1, -0.05) is 29.8 Å². The number of benzene rings is 2. The van der Waals surface area contributed by atoms with Crippen molar-refractivity contribution in [3.05, 3.63) is 64.5 Å². The molecule has 0 unspecified atom stereocenters. The second-order valence-electron chi connectivity index (χ2n) is 11.3. The van der Waals surface area contributed by atoms with Gasteiger partial charge in [0.1, 0.15) is 0 Å². The highest BCUT2D eigenvalue weighted by molar-refractivity contribution is 8.00. The lowest BCUT2D eigenvalue weighted by Crippen LogP contribution is -2.60. The third-order valence-corrected chi connectivity index (χ3v) is 10.2. The maximum absolute atomic E-state index is 13.2. The summed E-state index contributed by atoms with van der Waals surface area (Å²) in [6.45, 7) is 4.13. The minimum Gasteiger partial charge on any atom is -0.350 e. The lowest BCUT2D eigenvalue weighted by molar-refractivity contribution is -0.124. The molecule has 4 saturated carbocycles. The van der Waals surface area contributed by atoms with Gasteiger partial charge in [-0.2, -0.15) is 0 Å². The summed E-state index contributed by atoms with van der Waals surface area (Å²) in [5, 5.41) is 8.96. The number of amides is 2. The third kappa shape index (κ3) is 5.21. The summed E-state index contributed by atoms with van der Waals surface area (Å²) in [5.74, 6) is 2.59. The second kappa shape index (κ2) is 9.91. The number of hydrogen-bond donors (Lipinski definition) is 2. The summed E-state index contributed by atoms with van der Waals surface area (Å²) in [6.07, 6.45) is 7.51. The van der Waals surface area contributed by atoms with Crippen molar-refractivity contribution in [3.8, 4) is 11.3 Å². The highest BCUT2D eigenvalue weighted by atomic mass is 32.2. The van der Waals surface area contributed by atoms with Gasteiger partial charge in [0, 0.05) is 21.4 Å². The highest BCUT2D eigenvalue weighted by Gasteiger charge is 2.51. The number of carbonyl (C=O) groups is 2. The molecular formula is C30H33N3O2S2. The van der Waals surface area contributed by atoms with Crippen molar-refractivity contribution in [2.24, 2.45) is 17.8 Å². The third-order valence-electron chi connectivity index (χ3n) is 8.33. The molecule has 2 amide bonds. The van der Waals surface area contributed by atoms with Crippen LogP contribution in [0, 0.1) is 31.6 Å². The quantitative estimate of drug-likeness (QED) is 0.327. The molecule has 2 aromatic carbocycles. The van der Waals surface area contributed by atoms with E-state index in [2.05, 4.69) is 47.7 Å². The van der Waals surface area contributed by atoms with Crippen LogP contribution >= 0.6 is 23.1 Å². The van der Waals surface area contributed by atoms with Crippen LogP contribution in [0.2, 0.25) is 0 Å². The smallest absolute Gasteiger partial charge is 0.258 e. The molecule has 1 aromatic heterocycles. The van der Waals surface area contributed by atoms with Crippen LogP contribution in [0.25, 0.3) is 11.3 Å². The molecule has 5 nitrogen and oxygen atoms in total. The molecule has 37 heavy (non-hydrogen) atoms. The molecule has 192 valence electrons. The first kappa shape index (κ1) is 24.7. The lowest BCUT2D eigenvalue weighted by atomic mass is 9.53. The van der Waals surface area contributed by atoms with Crippen molar-refractivity contribution in [1.82, 2.24) is 10.3 Å². The molecule has 2 N–H and O–H groups in total. The van der Waals surface area contributed by atoms with Crippen LogP contribution in [0.15, 0.2) is 52.7 Å². The average molecular weight is 532 g/mol. The number of nitrogens with one attached hydrogen (secondary N) is 2. The molecule has 4 bridgehead atoms. The molecule has 0 spiro atoms. The minimum absolute atomic E-state index is 0.0154. The Bertz CT molecular complexity index is 1310. The number of thioether (sulfide) groups is 1. The van der Waals surface area contributed by atoms with Gasteiger partial charge in [0.05, 0.1) is 17.0 Å². The van der Waals surface area contributed by atoms with E-state index in [9.17, 15) is 9.59 Å². The van der Waals surface area contributed by atoms with Gasteiger partial charge in [0.25, 0.3) is 5.91 Å². The van der Waals surface area contributed by atoms with Crippen molar-refractivity contribution in [1.29, 1.82) is 0 Å². The largest absolute Gasteiger partial charge is 0.350 e. The summed E-state index contributed by atoms with van der Waals surface area (Å²) in [7, 11) is 0. The molecule has 0 aliphatic heterocycles. The topological polar surface area (TPSA) is 71.1 Å². The van der Waals surface area contributed by atoms with E-state index in [4.69, 9.17) is 0 Å². The zero-order chi connectivity index (χ0) is 25.6. The molecule has 4 fully saturated rings. The number of aromatic nitrogens is 1. The van der Waals surface area contributed by atoms with Gasteiger partial charge < -0.3 is 5.32 Å². The van der Waals surface area contributed by atoms with Crippen molar-refractivity contribution in [2.45, 2.75) is 62.8 Å². The number of rotatable bonds is 7. The van der Waals surface area contributed by atoms with Gasteiger partial charge >= 0.3 is 0 Å². The van der Waals surface area contributed by atoms with Crippen molar-refractivity contribution in [2.75, 3.05) is 11.1 Å². The number of nitrogens with zero attached hydrogens (tertiary/aromatic N) is 1. The summed E-state index contributed by atoms with van der Waals surface area (Å²) >= 11 is 2.86. The van der Waals surface area contributed by atoms with Crippen LogP contribution in [0.5, 0.6) is 0 Å². The van der Waals surface area contributed by atoms with E-state index in [-0.39, 0.29) is 17.4 Å². The van der Waals surface area contributed by atoms with E-state index >= 15 is 0 Å². The van der Waals surface area contributed by atoms with Gasteiger partial charge in [-0.15, -0.1) is 23.1 Å². The SMILES string of the molecule is Cc1ccc(C)c(-c2csc(NC(=O)c3ccccc3SCC(=O)NC34CC5CC(CC(C5)C3)C4)n2)c1. The Morgan fingerprint density at radius 3 is 2.46 bits per heavy atom. The lowest BCUT2D eigenvalue weighted by Gasteiger charge is -2.56. The zero-order valence-corrected chi connectivity index (χ0v) is 23.0. The van der Waals surface area contributed by atoms with Gasteiger partial charge in [-0.25, -0.2) is 4.98 Å². The molecule has 0 saturated heterocycles. The van der Waals surface area contributed by atoms with Crippen LogP contribution < -0.4 is 10.6 Å². The highest BCUT2D eigenvalue weighted by Crippen LogP contribution is 2.55. The minimum atomic E-state index is -0.202. The van der Waals surface area contributed by atoms with E-state index in [1.807, 2.05) is 29.6 Å². The Labute approximate surface area is 226 Å². The van der Waals surface area contributed by atoms with E-state index in [1.54, 1.807) is 0 Å². The molecular weight excluding hydrogens is 498 g/mol. The number of thiazole rings is 1. The number of hydrogen-bond acceptors (Lipinski definition) is 5. The molecule has 0 atom stereocenters. The predicted octanol–water partition coefficient (Wildman–Crippen LogP) is 6.86. The van der Waals surface area contributed by atoms with E-state index in [0.29, 0.717) is 16.4 Å². The van der Waals surface area contributed by atoms with Gasteiger partial charge in [-0.3, -0.25) is 14.9 Å².